The molecule has 2 N–H and O–H groups in total. The van der Waals surface area contributed by atoms with E-state index in [2.05, 4.69) is 33.0 Å². The average Bonchev–Trinajstić information content (AvgIpc) is 2.10. The minimum Gasteiger partial charge on any atom is -0.395 e. The lowest BCUT2D eigenvalue weighted by molar-refractivity contribution is 0.131. The van der Waals surface area contributed by atoms with E-state index in [4.69, 9.17) is 0 Å². The summed E-state index contributed by atoms with van der Waals surface area (Å²) >= 11 is 0. The van der Waals surface area contributed by atoms with Crippen molar-refractivity contribution in [2.45, 2.75) is 65.5 Å². The van der Waals surface area contributed by atoms with Crippen molar-refractivity contribution in [1.82, 2.24) is 5.32 Å². The third kappa shape index (κ3) is 4.12. The van der Waals surface area contributed by atoms with Crippen LogP contribution in [-0.4, -0.2) is 23.8 Å². The van der Waals surface area contributed by atoms with Crippen LogP contribution in [0, 0.1) is 11.3 Å². The molecule has 0 aliphatic heterocycles. The first kappa shape index (κ1) is 13.0. The van der Waals surface area contributed by atoms with Crippen molar-refractivity contribution < 1.29 is 5.11 Å². The third-order valence-electron chi connectivity index (χ3n) is 3.57. The molecule has 1 rings (SSSR count). The summed E-state index contributed by atoms with van der Waals surface area (Å²) in [6, 6.07) is 0.886. The monoisotopic (exact) mass is 213 g/mol. The van der Waals surface area contributed by atoms with Crippen LogP contribution in [0.25, 0.3) is 0 Å². The molecule has 1 aliphatic carbocycles. The molecule has 3 atom stereocenters. The number of aliphatic hydroxyl groups excluding tert-OH is 1. The Morgan fingerprint density at radius 1 is 1.40 bits per heavy atom. The predicted octanol–water partition coefficient (Wildman–Crippen LogP) is 2.56. The van der Waals surface area contributed by atoms with Gasteiger partial charge >= 0.3 is 0 Å². The number of nitrogens with one attached hydrogen (secondary N) is 1. The fourth-order valence-corrected chi connectivity index (χ4v) is 3.11. The van der Waals surface area contributed by atoms with Crippen molar-refractivity contribution in [3.8, 4) is 0 Å². The van der Waals surface area contributed by atoms with Crippen molar-refractivity contribution in [2.75, 3.05) is 6.61 Å². The zero-order chi connectivity index (χ0) is 11.5. The molecule has 15 heavy (non-hydrogen) atoms. The second-order valence-electron chi connectivity index (χ2n) is 6.06. The Kier molecular flexibility index (Phi) is 4.60. The van der Waals surface area contributed by atoms with Gasteiger partial charge in [0.1, 0.15) is 0 Å². The molecule has 90 valence electrons. The van der Waals surface area contributed by atoms with Crippen LogP contribution >= 0.6 is 0 Å². The molecule has 0 unspecified atom stereocenters. The second kappa shape index (κ2) is 5.31. The second-order valence-corrected chi connectivity index (χ2v) is 6.06. The summed E-state index contributed by atoms with van der Waals surface area (Å²) in [5, 5.41) is 12.8. The van der Waals surface area contributed by atoms with E-state index in [9.17, 15) is 5.11 Å². The third-order valence-corrected chi connectivity index (χ3v) is 3.57. The highest BCUT2D eigenvalue weighted by Gasteiger charge is 2.32. The van der Waals surface area contributed by atoms with Gasteiger partial charge in [0.05, 0.1) is 6.61 Å². The predicted molar refractivity (Wildman–Crippen MR) is 64.9 cm³/mol. The summed E-state index contributed by atoms with van der Waals surface area (Å²) < 4.78 is 0. The van der Waals surface area contributed by atoms with Gasteiger partial charge in [-0.25, -0.2) is 0 Å². The van der Waals surface area contributed by atoms with Gasteiger partial charge < -0.3 is 10.4 Å². The standard InChI is InChI=1S/C13H27NO/c1-5-11(9-15)14-12-6-10(2)7-13(3,4)8-12/h10-12,14-15H,5-9H2,1-4H3/t10-,11+,12+/m0/s1. The molecule has 1 saturated carbocycles. The maximum atomic E-state index is 9.19. The molecule has 0 heterocycles. The molecule has 0 radical (unpaired) electrons. The van der Waals surface area contributed by atoms with Crippen LogP contribution in [0.4, 0.5) is 0 Å². The van der Waals surface area contributed by atoms with Gasteiger partial charge in [0.25, 0.3) is 0 Å². The van der Waals surface area contributed by atoms with Gasteiger partial charge in [-0.05, 0) is 37.0 Å². The van der Waals surface area contributed by atoms with Crippen molar-refractivity contribution in [1.29, 1.82) is 0 Å². The van der Waals surface area contributed by atoms with E-state index in [0.29, 0.717) is 11.5 Å². The fraction of sp³-hybridized carbons (Fsp3) is 1.00. The Hall–Kier alpha value is -0.0800. The summed E-state index contributed by atoms with van der Waals surface area (Å²) in [6.07, 6.45) is 4.86. The van der Waals surface area contributed by atoms with Crippen LogP contribution in [0.5, 0.6) is 0 Å². The van der Waals surface area contributed by atoms with E-state index in [1.54, 1.807) is 0 Å². The molecule has 0 amide bonds. The Bertz CT molecular complexity index is 187. The molecule has 1 aliphatic rings. The maximum Gasteiger partial charge on any atom is 0.0584 e. The van der Waals surface area contributed by atoms with Crippen LogP contribution in [0.3, 0.4) is 0 Å². The fourth-order valence-electron chi connectivity index (χ4n) is 3.11. The summed E-state index contributed by atoms with van der Waals surface area (Å²) in [7, 11) is 0. The Morgan fingerprint density at radius 2 is 2.07 bits per heavy atom. The molecule has 0 aromatic carbocycles. The smallest absolute Gasteiger partial charge is 0.0584 e. The topological polar surface area (TPSA) is 32.3 Å². The molecule has 2 heteroatoms. The Morgan fingerprint density at radius 3 is 2.53 bits per heavy atom. The van der Waals surface area contributed by atoms with Gasteiger partial charge in [0.2, 0.25) is 0 Å². The minimum absolute atomic E-state index is 0.266. The highest BCUT2D eigenvalue weighted by molar-refractivity contribution is 4.87. The molecule has 0 saturated heterocycles. The molecule has 0 aromatic heterocycles. The first-order valence-corrected chi connectivity index (χ1v) is 6.33. The number of rotatable bonds is 4. The first-order chi connectivity index (χ1) is 6.96. The minimum atomic E-state index is 0.266. The van der Waals surface area contributed by atoms with E-state index >= 15 is 0 Å². The van der Waals surface area contributed by atoms with Gasteiger partial charge in [0.15, 0.2) is 0 Å². The molecule has 2 nitrogen and oxygen atoms in total. The summed E-state index contributed by atoms with van der Waals surface area (Å²) in [4.78, 5) is 0. The van der Waals surface area contributed by atoms with Gasteiger partial charge in [-0.15, -0.1) is 0 Å². The lowest BCUT2D eigenvalue weighted by Crippen LogP contribution is -2.46. The average molecular weight is 213 g/mol. The van der Waals surface area contributed by atoms with E-state index in [1.165, 1.54) is 19.3 Å². The molecule has 0 bridgehead atoms. The quantitative estimate of drug-likeness (QED) is 0.752. The van der Waals surface area contributed by atoms with Crippen LogP contribution in [-0.2, 0) is 0 Å². The van der Waals surface area contributed by atoms with Crippen LogP contribution in [0.2, 0.25) is 0 Å². The van der Waals surface area contributed by atoms with E-state index < -0.39 is 0 Å². The largest absolute Gasteiger partial charge is 0.395 e. The zero-order valence-corrected chi connectivity index (χ0v) is 10.7. The van der Waals surface area contributed by atoms with Crippen LogP contribution in [0.15, 0.2) is 0 Å². The van der Waals surface area contributed by atoms with Crippen LogP contribution in [0.1, 0.15) is 53.4 Å². The SMILES string of the molecule is CC[C@H](CO)N[C@@H]1C[C@H](C)CC(C)(C)C1. The van der Waals surface area contributed by atoms with Gasteiger partial charge in [-0.3, -0.25) is 0 Å². The number of hydrogen-bond donors (Lipinski definition) is 2. The molecular weight excluding hydrogens is 186 g/mol. The van der Waals surface area contributed by atoms with E-state index in [1.807, 2.05) is 0 Å². The molecular formula is C13H27NO. The highest BCUT2D eigenvalue weighted by Crippen LogP contribution is 2.38. The molecule has 0 spiro atoms. The van der Waals surface area contributed by atoms with Gasteiger partial charge in [0, 0.05) is 12.1 Å². The molecule has 1 fully saturated rings. The molecule has 0 aromatic rings. The Labute approximate surface area is 94.5 Å². The summed E-state index contributed by atoms with van der Waals surface area (Å²) in [6.45, 7) is 9.46. The van der Waals surface area contributed by atoms with E-state index in [0.717, 1.165) is 12.3 Å². The lowest BCUT2D eigenvalue weighted by Gasteiger charge is -2.40. The summed E-state index contributed by atoms with van der Waals surface area (Å²) in [5.41, 5.74) is 0.461. The maximum absolute atomic E-state index is 9.19. The van der Waals surface area contributed by atoms with Crippen molar-refractivity contribution in [2.24, 2.45) is 11.3 Å². The first-order valence-electron chi connectivity index (χ1n) is 6.33. The van der Waals surface area contributed by atoms with Crippen LogP contribution < -0.4 is 5.32 Å². The number of hydrogen-bond acceptors (Lipinski definition) is 2. The number of aliphatic hydroxyl groups is 1. The Balaban J connectivity index is 2.47. The summed E-state index contributed by atoms with van der Waals surface area (Å²) in [5.74, 6) is 0.808. The van der Waals surface area contributed by atoms with Crippen molar-refractivity contribution in [3.05, 3.63) is 0 Å². The van der Waals surface area contributed by atoms with E-state index in [-0.39, 0.29) is 12.6 Å². The van der Waals surface area contributed by atoms with Gasteiger partial charge in [-0.1, -0.05) is 27.7 Å². The van der Waals surface area contributed by atoms with Crippen molar-refractivity contribution >= 4 is 0 Å². The van der Waals surface area contributed by atoms with Gasteiger partial charge in [-0.2, -0.15) is 0 Å². The zero-order valence-electron chi connectivity index (χ0n) is 10.7. The highest BCUT2D eigenvalue weighted by atomic mass is 16.3. The van der Waals surface area contributed by atoms with Crippen molar-refractivity contribution in [3.63, 3.8) is 0 Å². The normalized spacial score (nSPS) is 32.6. The lowest BCUT2D eigenvalue weighted by atomic mass is 9.70.